The van der Waals surface area contributed by atoms with Crippen molar-refractivity contribution >= 4 is 40.8 Å². The number of carbonyl (C=O) groups is 3. The summed E-state index contributed by atoms with van der Waals surface area (Å²) in [5.41, 5.74) is 2.96. The van der Waals surface area contributed by atoms with Crippen LogP contribution in [0.15, 0.2) is 72.8 Å². The highest BCUT2D eigenvalue weighted by atomic mass is 35.5. The van der Waals surface area contributed by atoms with Gasteiger partial charge in [0.15, 0.2) is 0 Å². The fraction of sp³-hybridized carbons (Fsp3) is 0.344. The van der Waals surface area contributed by atoms with Crippen LogP contribution in [-0.4, -0.2) is 35.5 Å². The van der Waals surface area contributed by atoms with E-state index in [1.807, 2.05) is 43.3 Å². The minimum atomic E-state index is -0.759. The van der Waals surface area contributed by atoms with E-state index >= 15 is 0 Å². The average Bonchev–Trinajstić information content (AvgIpc) is 3.42. The smallest absolute Gasteiger partial charge is 0.306 e. The van der Waals surface area contributed by atoms with Crippen LogP contribution in [0.25, 0.3) is 0 Å². The summed E-state index contributed by atoms with van der Waals surface area (Å²) in [5.74, 6) is -0.724. The second-order valence-electron chi connectivity index (χ2n) is 10.7. The normalized spacial score (nSPS) is 21.9. The highest BCUT2D eigenvalue weighted by Gasteiger charge is 2.38. The molecule has 7 nitrogen and oxygen atoms in total. The molecule has 8 heteroatoms. The van der Waals surface area contributed by atoms with E-state index in [0.717, 1.165) is 29.8 Å². The Morgan fingerprint density at radius 3 is 2.38 bits per heavy atom. The van der Waals surface area contributed by atoms with Crippen molar-refractivity contribution in [1.82, 2.24) is 0 Å². The van der Waals surface area contributed by atoms with Crippen molar-refractivity contribution in [2.75, 3.05) is 16.4 Å². The molecule has 1 N–H and O–H groups in total. The van der Waals surface area contributed by atoms with Crippen LogP contribution in [0.5, 0.6) is 5.75 Å². The van der Waals surface area contributed by atoms with Crippen molar-refractivity contribution in [2.45, 2.75) is 51.6 Å². The Kier molecular flexibility index (Phi) is 8.12. The van der Waals surface area contributed by atoms with Crippen molar-refractivity contribution < 1.29 is 24.2 Å². The number of carbonyl (C=O) groups excluding carboxylic acids is 2. The molecule has 1 aliphatic heterocycles. The number of hydrogen-bond acceptors (Lipinski definition) is 4. The highest BCUT2D eigenvalue weighted by molar-refractivity contribution is 6.30. The Balaban J connectivity index is 1.36. The molecular weight excluding hydrogens is 528 g/mol. The van der Waals surface area contributed by atoms with Crippen molar-refractivity contribution in [3.8, 4) is 5.75 Å². The predicted molar refractivity (Wildman–Crippen MR) is 155 cm³/mol. The summed E-state index contributed by atoms with van der Waals surface area (Å²) in [4.78, 5) is 41.7. The van der Waals surface area contributed by atoms with Crippen LogP contribution in [0.3, 0.4) is 0 Å². The Morgan fingerprint density at radius 1 is 1.00 bits per heavy atom. The number of carboxylic acid groups (broad SMARTS) is 1. The van der Waals surface area contributed by atoms with Crippen LogP contribution in [0.4, 0.5) is 11.4 Å². The minimum Gasteiger partial charge on any atom is -0.493 e. The molecule has 0 bridgehead atoms. The number of benzene rings is 3. The van der Waals surface area contributed by atoms with Gasteiger partial charge >= 0.3 is 5.97 Å². The number of amides is 2. The van der Waals surface area contributed by atoms with Crippen LogP contribution in [0.2, 0.25) is 5.02 Å². The molecule has 2 unspecified atom stereocenters. The molecule has 2 aliphatic rings. The Hall–Kier alpha value is -3.84. The first-order valence-corrected chi connectivity index (χ1v) is 14.1. The number of aliphatic carboxylic acids is 1. The van der Waals surface area contributed by atoms with E-state index in [4.69, 9.17) is 16.3 Å². The maximum atomic E-state index is 13.8. The van der Waals surface area contributed by atoms with Crippen LogP contribution < -0.4 is 14.5 Å². The van der Waals surface area contributed by atoms with Gasteiger partial charge in [0.05, 0.1) is 18.6 Å². The van der Waals surface area contributed by atoms with E-state index in [1.165, 1.54) is 0 Å². The summed E-state index contributed by atoms with van der Waals surface area (Å²) >= 11 is 6.10. The van der Waals surface area contributed by atoms with Crippen LogP contribution in [0, 0.1) is 11.8 Å². The highest BCUT2D eigenvalue weighted by Crippen LogP contribution is 2.43. The summed E-state index contributed by atoms with van der Waals surface area (Å²) in [6, 6.07) is 21.6. The summed E-state index contributed by atoms with van der Waals surface area (Å²) in [6.45, 7) is 3.90. The lowest BCUT2D eigenvalue weighted by atomic mass is 9.89. The number of nitrogens with zero attached hydrogens (tertiary/aromatic N) is 2. The van der Waals surface area contributed by atoms with E-state index in [9.17, 15) is 19.5 Å². The Morgan fingerprint density at radius 2 is 1.70 bits per heavy atom. The van der Waals surface area contributed by atoms with Gasteiger partial charge in [0, 0.05) is 40.8 Å². The van der Waals surface area contributed by atoms with Crippen molar-refractivity contribution in [2.24, 2.45) is 11.8 Å². The van der Waals surface area contributed by atoms with Gasteiger partial charge in [-0.15, -0.1) is 0 Å². The number of halogens is 1. The maximum absolute atomic E-state index is 13.8. The molecule has 5 rings (SSSR count). The molecule has 1 saturated carbocycles. The largest absolute Gasteiger partial charge is 0.493 e. The molecule has 4 atom stereocenters. The molecule has 208 valence electrons. The third kappa shape index (κ3) is 5.56. The molecule has 0 saturated heterocycles. The number of rotatable bonds is 7. The van der Waals surface area contributed by atoms with Gasteiger partial charge < -0.3 is 19.6 Å². The van der Waals surface area contributed by atoms with Crippen LogP contribution >= 0.6 is 11.6 Å². The van der Waals surface area contributed by atoms with E-state index in [1.54, 1.807) is 53.1 Å². The zero-order valence-corrected chi connectivity index (χ0v) is 23.4. The predicted octanol–water partition coefficient (Wildman–Crippen LogP) is 6.75. The van der Waals surface area contributed by atoms with Gasteiger partial charge in [-0.25, -0.2) is 0 Å². The monoisotopic (exact) mass is 560 g/mol. The van der Waals surface area contributed by atoms with Gasteiger partial charge in [0.25, 0.3) is 5.91 Å². The van der Waals surface area contributed by atoms with Crippen molar-refractivity contribution in [1.29, 1.82) is 0 Å². The third-order valence-electron chi connectivity index (χ3n) is 8.08. The second kappa shape index (κ2) is 11.7. The topological polar surface area (TPSA) is 87.2 Å². The number of hydrogen-bond donors (Lipinski definition) is 1. The lowest BCUT2D eigenvalue weighted by Gasteiger charge is -2.43. The van der Waals surface area contributed by atoms with E-state index in [-0.39, 0.29) is 35.7 Å². The molecular formula is C32H33ClN2O5. The summed E-state index contributed by atoms with van der Waals surface area (Å²) in [5, 5.41) is 10.0. The van der Waals surface area contributed by atoms with E-state index < -0.39 is 5.97 Å². The van der Waals surface area contributed by atoms with Crippen molar-refractivity contribution in [3.05, 3.63) is 88.9 Å². The molecule has 3 aromatic carbocycles. The Bertz CT molecular complexity index is 1390. The molecule has 0 radical (unpaired) electrons. The van der Waals surface area contributed by atoms with Gasteiger partial charge in [0.1, 0.15) is 5.75 Å². The molecule has 1 heterocycles. The summed E-state index contributed by atoms with van der Waals surface area (Å²) < 4.78 is 5.91. The maximum Gasteiger partial charge on any atom is 0.306 e. The summed E-state index contributed by atoms with van der Waals surface area (Å²) in [6.07, 6.45) is 3.01. The van der Waals surface area contributed by atoms with Gasteiger partial charge in [-0.2, -0.15) is 0 Å². The first-order chi connectivity index (χ1) is 19.2. The van der Waals surface area contributed by atoms with E-state index in [0.29, 0.717) is 35.8 Å². The van der Waals surface area contributed by atoms with Gasteiger partial charge in [-0.3, -0.25) is 14.4 Å². The van der Waals surface area contributed by atoms with Gasteiger partial charge in [0.2, 0.25) is 5.91 Å². The SMILES string of the molecule is CC(=O)N(c1ccc(Cl)cc1)[C@@H]1C[C@H](C)N(C(=O)c2ccc(OCC3CCCC3C(=O)O)cc2)c2ccccc21. The molecule has 0 spiro atoms. The van der Waals surface area contributed by atoms with Crippen LogP contribution in [0.1, 0.15) is 61.5 Å². The van der Waals surface area contributed by atoms with Gasteiger partial charge in [-0.05, 0) is 86.3 Å². The first kappa shape index (κ1) is 27.7. The molecule has 1 aliphatic carbocycles. The second-order valence-corrected chi connectivity index (χ2v) is 11.1. The first-order valence-electron chi connectivity index (χ1n) is 13.7. The Labute approximate surface area is 239 Å². The fourth-order valence-electron chi connectivity index (χ4n) is 6.12. The lowest BCUT2D eigenvalue weighted by Crippen LogP contribution is -2.47. The molecule has 40 heavy (non-hydrogen) atoms. The molecule has 1 fully saturated rings. The number of para-hydroxylation sites is 1. The molecule has 3 aromatic rings. The number of anilines is 2. The zero-order valence-electron chi connectivity index (χ0n) is 22.6. The number of fused-ring (bicyclic) bond motifs is 1. The fourth-order valence-corrected chi connectivity index (χ4v) is 6.24. The lowest BCUT2D eigenvalue weighted by molar-refractivity contribution is -0.143. The number of carboxylic acids is 1. The van der Waals surface area contributed by atoms with E-state index in [2.05, 4.69) is 0 Å². The average molecular weight is 561 g/mol. The number of ether oxygens (including phenoxy) is 1. The standard InChI is InChI=1S/C32H33ClN2O5/c1-20-18-30(35(21(2)36)25-14-12-24(33)13-15-25)28-7-3-4-9-29(28)34(20)31(37)22-10-16-26(17-11-22)40-19-23-6-5-8-27(23)32(38)39/h3-4,7,9-17,20,23,27,30H,5-6,8,18-19H2,1-2H3,(H,38,39)/t20-,23?,27?,30+/m0/s1. The quantitative estimate of drug-likeness (QED) is 0.345. The minimum absolute atomic E-state index is 0.0000964. The van der Waals surface area contributed by atoms with Gasteiger partial charge in [-0.1, -0.05) is 36.2 Å². The van der Waals surface area contributed by atoms with Crippen LogP contribution in [-0.2, 0) is 9.59 Å². The molecule has 2 amide bonds. The van der Waals surface area contributed by atoms with Crippen molar-refractivity contribution in [3.63, 3.8) is 0 Å². The third-order valence-corrected chi connectivity index (χ3v) is 8.33. The zero-order chi connectivity index (χ0) is 28.4. The summed E-state index contributed by atoms with van der Waals surface area (Å²) in [7, 11) is 0. The molecule has 0 aromatic heterocycles.